The Morgan fingerprint density at radius 2 is 1.96 bits per heavy atom. The molecule has 0 saturated carbocycles. The second-order valence-corrected chi connectivity index (χ2v) is 7.28. The number of carbonyl (C=O) groups is 2. The van der Waals surface area contributed by atoms with Gasteiger partial charge in [0.15, 0.2) is 5.60 Å². The number of amides is 1. The van der Waals surface area contributed by atoms with Crippen molar-refractivity contribution >= 4 is 17.6 Å². The summed E-state index contributed by atoms with van der Waals surface area (Å²) in [5, 5.41) is 0. The Balaban J connectivity index is 2.28. The van der Waals surface area contributed by atoms with Crippen LogP contribution in [0.15, 0.2) is 18.2 Å². The highest BCUT2D eigenvalue weighted by molar-refractivity contribution is 6.06. The Labute approximate surface area is 143 Å². The highest BCUT2D eigenvalue weighted by Gasteiger charge is 2.44. The van der Waals surface area contributed by atoms with Gasteiger partial charge in [0.25, 0.3) is 5.91 Å². The van der Waals surface area contributed by atoms with Gasteiger partial charge in [0.2, 0.25) is 0 Å². The van der Waals surface area contributed by atoms with E-state index >= 15 is 0 Å². The molecule has 1 aromatic carbocycles. The molecule has 0 N–H and O–H groups in total. The zero-order chi connectivity index (χ0) is 18.1. The molecule has 1 unspecified atom stereocenters. The monoisotopic (exact) mass is 333 g/mol. The molecule has 1 heterocycles. The summed E-state index contributed by atoms with van der Waals surface area (Å²) in [6.07, 6.45) is 0.802. The number of nitrogens with zero attached hydrogens (tertiary/aromatic N) is 1. The molecule has 2 rings (SSSR count). The van der Waals surface area contributed by atoms with Crippen molar-refractivity contribution in [1.82, 2.24) is 0 Å². The summed E-state index contributed by atoms with van der Waals surface area (Å²) >= 11 is 0. The summed E-state index contributed by atoms with van der Waals surface area (Å²) in [6.45, 7) is 11.6. The first kappa shape index (κ1) is 18.3. The van der Waals surface area contributed by atoms with Crippen LogP contribution >= 0.6 is 0 Å². The zero-order valence-corrected chi connectivity index (χ0v) is 15.4. The van der Waals surface area contributed by atoms with E-state index in [1.807, 2.05) is 25.1 Å². The molecule has 0 saturated heterocycles. The van der Waals surface area contributed by atoms with Crippen LogP contribution < -0.4 is 9.64 Å². The number of anilines is 1. The quantitative estimate of drug-likeness (QED) is 0.774. The smallest absolute Gasteiger partial charge is 0.328 e. The first-order valence-corrected chi connectivity index (χ1v) is 8.43. The number of benzene rings is 1. The average Bonchev–Trinajstić information content (AvgIpc) is 2.48. The van der Waals surface area contributed by atoms with Gasteiger partial charge in [0.1, 0.15) is 11.8 Å². The predicted molar refractivity (Wildman–Crippen MR) is 93.2 cm³/mol. The van der Waals surface area contributed by atoms with Crippen LogP contribution in [0.1, 0.15) is 46.6 Å². The van der Waals surface area contributed by atoms with Gasteiger partial charge in [0.05, 0.1) is 12.3 Å². The van der Waals surface area contributed by atoms with Crippen LogP contribution in [-0.2, 0) is 14.3 Å². The summed E-state index contributed by atoms with van der Waals surface area (Å²) in [4.78, 5) is 26.8. The van der Waals surface area contributed by atoms with Crippen molar-refractivity contribution < 1.29 is 19.1 Å². The van der Waals surface area contributed by atoms with Gasteiger partial charge in [0, 0.05) is 0 Å². The van der Waals surface area contributed by atoms with E-state index in [-0.39, 0.29) is 5.91 Å². The molecular formula is C19H27NO4. The van der Waals surface area contributed by atoms with E-state index in [0.717, 1.165) is 12.0 Å². The van der Waals surface area contributed by atoms with Gasteiger partial charge >= 0.3 is 5.97 Å². The molecule has 1 aliphatic heterocycles. The molecule has 0 bridgehead atoms. The van der Waals surface area contributed by atoms with Crippen molar-refractivity contribution in [1.29, 1.82) is 0 Å². The minimum atomic E-state index is -1.02. The number of aryl methyl sites for hydroxylation is 1. The lowest BCUT2D eigenvalue weighted by Gasteiger charge is -2.40. The molecule has 0 aliphatic carbocycles. The Morgan fingerprint density at radius 3 is 2.58 bits per heavy atom. The van der Waals surface area contributed by atoms with Gasteiger partial charge in [-0.15, -0.1) is 0 Å². The van der Waals surface area contributed by atoms with Crippen LogP contribution in [0.2, 0.25) is 0 Å². The molecule has 0 spiro atoms. The summed E-state index contributed by atoms with van der Waals surface area (Å²) in [5.41, 5.74) is 0.595. The zero-order valence-electron chi connectivity index (χ0n) is 15.4. The van der Waals surface area contributed by atoms with E-state index in [4.69, 9.17) is 9.47 Å². The number of ether oxygens (including phenoxy) is 2. The van der Waals surface area contributed by atoms with E-state index < -0.39 is 17.6 Å². The molecule has 0 fully saturated rings. The molecule has 1 aliphatic rings. The van der Waals surface area contributed by atoms with E-state index in [2.05, 4.69) is 13.8 Å². The maximum atomic E-state index is 12.8. The highest BCUT2D eigenvalue weighted by atomic mass is 16.5. The molecule has 0 radical (unpaired) electrons. The van der Waals surface area contributed by atoms with Crippen LogP contribution in [-0.4, -0.2) is 30.1 Å². The molecule has 1 aromatic rings. The van der Waals surface area contributed by atoms with Crippen molar-refractivity contribution in [2.24, 2.45) is 5.92 Å². The van der Waals surface area contributed by atoms with Gasteiger partial charge in [-0.05, 0) is 57.7 Å². The van der Waals surface area contributed by atoms with Crippen molar-refractivity contribution in [3.8, 4) is 5.75 Å². The number of carbonyl (C=O) groups excluding carboxylic acids is 2. The Morgan fingerprint density at radius 1 is 1.29 bits per heavy atom. The van der Waals surface area contributed by atoms with Gasteiger partial charge in [-0.2, -0.15) is 0 Å². The minimum Gasteiger partial charge on any atom is -0.476 e. The third kappa shape index (κ3) is 3.71. The minimum absolute atomic E-state index is 0.242. The largest absolute Gasteiger partial charge is 0.476 e. The van der Waals surface area contributed by atoms with Gasteiger partial charge < -0.3 is 9.47 Å². The fourth-order valence-corrected chi connectivity index (χ4v) is 2.63. The van der Waals surface area contributed by atoms with Crippen molar-refractivity contribution in [3.05, 3.63) is 23.8 Å². The summed E-state index contributed by atoms with van der Waals surface area (Å²) in [6, 6.07) is 4.92. The van der Waals surface area contributed by atoms with Crippen LogP contribution in [0, 0.1) is 12.8 Å². The first-order valence-electron chi connectivity index (χ1n) is 8.43. The average molecular weight is 333 g/mol. The standard InChI is InChI=1S/C19H27NO4/c1-12(2)9-10-23-17(21)14(4)20-15-11-13(3)7-8-16(15)24-19(5,6)18(20)22/h7-8,11-12,14H,9-10H2,1-6H3. The van der Waals surface area contributed by atoms with E-state index in [1.54, 1.807) is 20.8 Å². The number of esters is 1. The normalized spacial score (nSPS) is 17.3. The van der Waals surface area contributed by atoms with Gasteiger partial charge in [-0.25, -0.2) is 4.79 Å². The predicted octanol–water partition coefficient (Wildman–Crippen LogP) is 3.48. The topological polar surface area (TPSA) is 55.8 Å². The van der Waals surface area contributed by atoms with Gasteiger partial charge in [-0.1, -0.05) is 19.9 Å². The van der Waals surface area contributed by atoms with Gasteiger partial charge in [-0.3, -0.25) is 9.69 Å². The molecule has 1 amide bonds. The number of hydrogen-bond acceptors (Lipinski definition) is 4. The maximum Gasteiger partial charge on any atom is 0.328 e. The summed E-state index contributed by atoms with van der Waals surface area (Å²) < 4.78 is 11.2. The van der Waals surface area contributed by atoms with Crippen molar-refractivity contribution in [2.45, 2.75) is 59.6 Å². The van der Waals surface area contributed by atoms with E-state index in [1.165, 1.54) is 4.90 Å². The molecule has 0 aromatic heterocycles. The lowest BCUT2D eigenvalue weighted by Crippen LogP contribution is -2.57. The fraction of sp³-hybridized carbons (Fsp3) is 0.579. The second-order valence-electron chi connectivity index (χ2n) is 7.28. The van der Waals surface area contributed by atoms with Crippen LogP contribution in [0.3, 0.4) is 0 Å². The number of rotatable bonds is 5. The highest BCUT2D eigenvalue weighted by Crippen LogP contribution is 2.39. The maximum absolute atomic E-state index is 12.8. The van der Waals surface area contributed by atoms with E-state index in [9.17, 15) is 9.59 Å². The molecule has 24 heavy (non-hydrogen) atoms. The van der Waals surface area contributed by atoms with Crippen LogP contribution in [0.5, 0.6) is 5.75 Å². The molecular weight excluding hydrogens is 306 g/mol. The Bertz CT molecular complexity index is 636. The SMILES string of the molecule is Cc1ccc2c(c1)N(C(C)C(=O)OCCC(C)C)C(=O)C(C)(C)O2. The lowest BCUT2D eigenvalue weighted by atomic mass is 10.0. The molecule has 5 nitrogen and oxygen atoms in total. The number of hydrogen-bond donors (Lipinski definition) is 0. The summed E-state index contributed by atoms with van der Waals surface area (Å²) in [7, 11) is 0. The lowest BCUT2D eigenvalue weighted by molar-refractivity contribution is -0.148. The molecule has 1 atom stereocenters. The Kier molecular flexibility index (Phi) is 5.21. The third-order valence-electron chi connectivity index (χ3n) is 4.14. The van der Waals surface area contributed by atoms with Crippen LogP contribution in [0.4, 0.5) is 5.69 Å². The fourth-order valence-electron chi connectivity index (χ4n) is 2.63. The van der Waals surface area contributed by atoms with Crippen molar-refractivity contribution in [2.75, 3.05) is 11.5 Å². The number of fused-ring (bicyclic) bond motifs is 1. The first-order chi connectivity index (χ1) is 11.1. The van der Waals surface area contributed by atoms with Crippen molar-refractivity contribution in [3.63, 3.8) is 0 Å². The second kappa shape index (κ2) is 6.83. The van der Waals surface area contributed by atoms with Crippen LogP contribution in [0.25, 0.3) is 0 Å². The molecule has 5 heteroatoms. The Hall–Kier alpha value is -2.04. The summed E-state index contributed by atoms with van der Waals surface area (Å²) in [5.74, 6) is 0.426. The molecule has 132 valence electrons. The van der Waals surface area contributed by atoms with E-state index in [0.29, 0.717) is 24.0 Å². The third-order valence-corrected chi connectivity index (χ3v) is 4.14.